The van der Waals surface area contributed by atoms with Crippen LogP contribution in [0.3, 0.4) is 0 Å². The Morgan fingerprint density at radius 1 is 1.69 bits per heavy atom. The second-order valence-electron chi connectivity index (χ2n) is 3.75. The predicted octanol–water partition coefficient (Wildman–Crippen LogP) is 2.33. The number of carboxylic acid groups (broad SMARTS) is 1. The number of halogens is 1. The summed E-state index contributed by atoms with van der Waals surface area (Å²) in [5.41, 5.74) is 1.86. The number of hydrogen-bond donors (Lipinski definition) is 2. The van der Waals surface area contributed by atoms with Crippen molar-refractivity contribution in [2.24, 2.45) is 0 Å². The molecule has 0 radical (unpaired) electrons. The fourth-order valence-electron chi connectivity index (χ4n) is 1.95. The molecule has 1 aliphatic heterocycles. The van der Waals surface area contributed by atoms with Gasteiger partial charge in [-0.15, -0.1) is 0 Å². The Morgan fingerprint density at radius 2 is 2.44 bits per heavy atom. The number of aliphatic carboxylic acids is 1. The molecule has 5 heteroatoms. The number of hydrogen-bond acceptors (Lipinski definition) is 3. The van der Waals surface area contributed by atoms with Gasteiger partial charge in [0.05, 0.1) is 18.6 Å². The first-order valence-corrected chi connectivity index (χ1v) is 5.32. The summed E-state index contributed by atoms with van der Waals surface area (Å²) in [7, 11) is 1.54. The highest BCUT2D eigenvalue weighted by Crippen LogP contribution is 2.39. The molecule has 0 fully saturated rings. The predicted molar refractivity (Wildman–Crippen MR) is 61.5 cm³/mol. The van der Waals surface area contributed by atoms with Gasteiger partial charge in [-0.1, -0.05) is 11.6 Å². The number of methoxy groups -OCH3 is 1. The van der Waals surface area contributed by atoms with Crippen molar-refractivity contribution in [1.82, 2.24) is 0 Å². The topological polar surface area (TPSA) is 58.6 Å². The highest BCUT2D eigenvalue weighted by atomic mass is 35.5. The van der Waals surface area contributed by atoms with Crippen LogP contribution in [0.15, 0.2) is 12.1 Å². The number of anilines is 1. The fourth-order valence-corrected chi connectivity index (χ4v) is 2.19. The van der Waals surface area contributed by atoms with Crippen molar-refractivity contribution >= 4 is 23.3 Å². The SMILES string of the molecule is COc1cc2c(cc1Cl)NCC2CC(=O)O. The van der Waals surface area contributed by atoms with E-state index in [1.165, 1.54) is 0 Å². The largest absolute Gasteiger partial charge is 0.495 e. The summed E-state index contributed by atoms with van der Waals surface area (Å²) in [5.74, 6) is -0.230. The molecule has 0 saturated heterocycles. The van der Waals surface area contributed by atoms with Crippen LogP contribution in [-0.2, 0) is 4.79 Å². The molecule has 0 amide bonds. The molecule has 1 atom stereocenters. The maximum absolute atomic E-state index is 10.7. The maximum Gasteiger partial charge on any atom is 0.304 e. The minimum absolute atomic E-state index is 0.0151. The number of carboxylic acids is 1. The van der Waals surface area contributed by atoms with Crippen LogP contribution in [0.1, 0.15) is 17.9 Å². The summed E-state index contributed by atoms with van der Waals surface area (Å²) < 4.78 is 5.12. The summed E-state index contributed by atoms with van der Waals surface area (Å²) in [6.07, 6.45) is 0.116. The molecule has 2 rings (SSSR count). The highest BCUT2D eigenvalue weighted by molar-refractivity contribution is 6.32. The standard InChI is InChI=1S/C11H12ClNO3/c1-16-10-3-7-6(2-11(14)15)5-13-9(7)4-8(10)12/h3-4,6,13H,2,5H2,1H3,(H,14,15). The fraction of sp³-hybridized carbons (Fsp3) is 0.364. The third-order valence-electron chi connectivity index (χ3n) is 2.72. The van der Waals surface area contributed by atoms with Gasteiger partial charge in [0.2, 0.25) is 0 Å². The van der Waals surface area contributed by atoms with Crippen LogP contribution in [-0.4, -0.2) is 24.7 Å². The lowest BCUT2D eigenvalue weighted by molar-refractivity contribution is -0.137. The average molecular weight is 242 g/mol. The quantitative estimate of drug-likeness (QED) is 0.853. The molecule has 1 heterocycles. The van der Waals surface area contributed by atoms with Gasteiger partial charge in [0.15, 0.2) is 0 Å². The molecular formula is C11H12ClNO3. The molecule has 1 aromatic carbocycles. The lowest BCUT2D eigenvalue weighted by Gasteiger charge is -2.09. The molecular weight excluding hydrogens is 230 g/mol. The monoisotopic (exact) mass is 241 g/mol. The first kappa shape index (κ1) is 11.1. The van der Waals surface area contributed by atoms with Gasteiger partial charge in [-0.25, -0.2) is 0 Å². The van der Waals surface area contributed by atoms with Crippen LogP contribution < -0.4 is 10.1 Å². The molecule has 0 saturated carbocycles. The van der Waals surface area contributed by atoms with Crippen molar-refractivity contribution < 1.29 is 14.6 Å². The Morgan fingerprint density at radius 3 is 3.06 bits per heavy atom. The zero-order valence-corrected chi connectivity index (χ0v) is 9.54. The molecule has 0 aromatic heterocycles. The van der Waals surface area contributed by atoms with Crippen LogP contribution in [0, 0.1) is 0 Å². The van der Waals surface area contributed by atoms with Gasteiger partial charge in [0.1, 0.15) is 5.75 Å². The van der Waals surface area contributed by atoms with E-state index in [9.17, 15) is 4.79 Å². The lowest BCUT2D eigenvalue weighted by Crippen LogP contribution is -2.08. The smallest absolute Gasteiger partial charge is 0.304 e. The third kappa shape index (κ3) is 1.93. The zero-order chi connectivity index (χ0) is 11.7. The molecule has 1 unspecified atom stereocenters. The van der Waals surface area contributed by atoms with Gasteiger partial charge >= 0.3 is 5.97 Å². The van der Waals surface area contributed by atoms with Crippen LogP contribution in [0.5, 0.6) is 5.75 Å². The van der Waals surface area contributed by atoms with E-state index in [2.05, 4.69) is 5.32 Å². The molecule has 2 N–H and O–H groups in total. The first-order chi connectivity index (χ1) is 7.61. The number of nitrogens with one attached hydrogen (secondary N) is 1. The summed E-state index contributed by atoms with van der Waals surface area (Å²) in [4.78, 5) is 10.7. The summed E-state index contributed by atoms with van der Waals surface area (Å²) >= 11 is 5.98. The van der Waals surface area contributed by atoms with Gasteiger partial charge < -0.3 is 15.2 Å². The van der Waals surface area contributed by atoms with Crippen molar-refractivity contribution in [3.8, 4) is 5.75 Å². The lowest BCUT2D eigenvalue weighted by atomic mass is 9.98. The Kier molecular flexibility index (Phi) is 2.92. The van der Waals surface area contributed by atoms with Crippen molar-refractivity contribution in [3.05, 3.63) is 22.7 Å². The van der Waals surface area contributed by atoms with Crippen molar-refractivity contribution in [1.29, 1.82) is 0 Å². The number of benzene rings is 1. The number of carbonyl (C=O) groups is 1. The summed E-state index contributed by atoms with van der Waals surface area (Å²) in [5, 5.41) is 12.5. The van der Waals surface area contributed by atoms with Crippen LogP contribution >= 0.6 is 11.6 Å². The molecule has 0 bridgehead atoms. The normalized spacial score (nSPS) is 17.8. The molecule has 86 valence electrons. The summed E-state index contributed by atoms with van der Waals surface area (Å²) in [6.45, 7) is 0.630. The van der Waals surface area contributed by atoms with Gasteiger partial charge in [0.25, 0.3) is 0 Å². The highest BCUT2D eigenvalue weighted by Gasteiger charge is 2.25. The molecule has 4 nitrogen and oxygen atoms in total. The minimum Gasteiger partial charge on any atom is -0.495 e. The Hall–Kier alpha value is -1.42. The first-order valence-electron chi connectivity index (χ1n) is 4.95. The van der Waals surface area contributed by atoms with E-state index in [0.29, 0.717) is 17.3 Å². The van der Waals surface area contributed by atoms with Crippen LogP contribution in [0.25, 0.3) is 0 Å². The number of ether oxygens (including phenoxy) is 1. The van der Waals surface area contributed by atoms with Crippen LogP contribution in [0.4, 0.5) is 5.69 Å². The average Bonchev–Trinajstić information content (AvgIpc) is 2.59. The molecule has 16 heavy (non-hydrogen) atoms. The molecule has 0 spiro atoms. The number of fused-ring (bicyclic) bond motifs is 1. The van der Waals surface area contributed by atoms with E-state index in [-0.39, 0.29) is 12.3 Å². The van der Waals surface area contributed by atoms with E-state index < -0.39 is 5.97 Å². The van der Waals surface area contributed by atoms with Gasteiger partial charge in [0, 0.05) is 18.2 Å². The minimum atomic E-state index is -0.798. The second kappa shape index (κ2) is 4.22. The Bertz CT molecular complexity index is 433. The Labute approximate surface area is 98.2 Å². The second-order valence-corrected chi connectivity index (χ2v) is 4.16. The molecule has 1 aliphatic rings. The molecule has 1 aromatic rings. The van der Waals surface area contributed by atoms with Gasteiger partial charge in [-0.2, -0.15) is 0 Å². The summed E-state index contributed by atoms with van der Waals surface area (Å²) in [6, 6.07) is 3.59. The maximum atomic E-state index is 10.7. The van der Waals surface area contributed by atoms with E-state index in [0.717, 1.165) is 11.3 Å². The molecule has 0 aliphatic carbocycles. The van der Waals surface area contributed by atoms with Gasteiger partial charge in [-0.05, 0) is 17.7 Å². The van der Waals surface area contributed by atoms with Gasteiger partial charge in [-0.3, -0.25) is 4.79 Å². The van der Waals surface area contributed by atoms with E-state index in [1.807, 2.05) is 6.07 Å². The van der Waals surface area contributed by atoms with Crippen molar-refractivity contribution in [2.75, 3.05) is 19.0 Å². The van der Waals surface area contributed by atoms with Crippen molar-refractivity contribution in [2.45, 2.75) is 12.3 Å². The number of rotatable bonds is 3. The Balaban J connectivity index is 2.34. The van der Waals surface area contributed by atoms with Crippen molar-refractivity contribution in [3.63, 3.8) is 0 Å². The van der Waals surface area contributed by atoms with E-state index in [4.69, 9.17) is 21.4 Å². The van der Waals surface area contributed by atoms with E-state index in [1.54, 1.807) is 13.2 Å². The van der Waals surface area contributed by atoms with Crippen LogP contribution in [0.2, 0.25) is 5.02 Å². The zero-order valence-electron chi connectivity index (χ0n) is 8.79. The third-order valence-corrected chi connectivity index (χ3v) is 3.02. The van der Waals surface area contributed by atoms with E-state index >= 15 is 0 Å².